The molecule has 0 aliphatic heterocycles. The molecule has 2 aromatic carbocycles. The fourth-order valence-corrected chi connectivity index (χ4v) is 3.54. The van der Waals surface area contributed by atoms with Crippen LogP contribution in [0.4, 0.5) is 0 Å². The molecule has 26 heavy (non-hydrogen) atoms. The lowest BCUT2D eigenvalue weighted by atomic mass is 10.2. The summed E-state index contributed by atoms with van der Waals surface area (Å²) in [6.07, 6.45) is -0.570. The minimum absolute atomic E-state index is 0.147. The van der Waals surface area contributed by atoms with Crippen LogP contribution in [0.3, 0.4) is 0 Å². The van der Waals surface area contributed by atoms with Gasteiger partial charge in [-0.3, -0.25) is 4.79 Å². The second-order valence-electron chi connectivity index (χ2n) is 5.51. The third-order valence-corrected chi connectivity index (χ3v) is 5.15. The Morgan fingerprint density at radius 2 is 1.85 bits per heavy atom. The molecule has 7 heteroatoms. The summed E-state index contributed by atoms with van der Waals surface area (Å²) in [5, 5.41) is 4.16. The number of hydrogen-bond donors (Lipinski definition) is 1. The van der Waals surface area contributed by atoms with E-state index in [1.54, 1.807) is 56.1 Å². The van der Waals surface area contributed by atoms with Crippen molar-refractivity contribution in [3.8, 4) is 11.5 Å². The van der Waals surface area contributed by atoms with Crippen molar-refractivity contribution in [1.82, 2.24) is 5.32 Å². The first-order valence-corrected chi connectivity index (χ1v) is 10.0. The molecule has 0 aliphatic rings. The summed E-state index contributed by atoms with van der Waals surface area (Å²) in [5.74, 6) is 2.77. The summed E-state index contributed by atoms with van der Waals surface area (Å²) in [5.41, 5.74) is 1.03. The molecule has 0 radical (unpaired) electrons. The van der Waals surface area contributed by atoms with E-state index in [1.165, 1.54) is 0 Å². The third kappa shape index (κ3) is 6.63. The maximum Gasteiger partial charge on any atom is 0.260 e. The summed E-state index contributed by atoms with van der Waals surface area (Å²) in [6.45, 7) is 2.28. The second kappa shape index (κ2) is 10.6. The van der Waals surface area contributed by atoms with Crippen molar-refractivity contribution in [2.45, 2.75) is 18.8 Å². The van der Waals surface area contributed by atoms with Gasteiger partial charge in [-0.15, -0.1) is 0 Å². The van der Waals surface area contributed by atoms with E-state index in [2.05, 4.69) is 5.32 Å². The molecule has 140 valence electrons. The van der Waals surface area contributed by atoms with Crippen LogP contribution < -0.4 is 14.8 Å². The summed E-state index contributed by atoms with van der Waals surface area (Å²) in [7, 11) is 1.60. The average molecular weight is 414 g/mol. The van der Waals surface area contributed by atoms with Crippen molar-refractivity contribution >= 4 is 40.9 Å². The number of amides is 1. The first-order valence-electron chi connectivity index (χ1n) is 8.09. The molecule has 0 unspecified atom stereocenters. The van der Waals surface area contributed by atoms with Crippen molar-refractivity contribution in [2.24, 2.45) is 0 Å². The maximum atomic E-state index is 12.1. The largest absolute Gasteiger partial charge is 0.497 e. The van der Waals surface area contributed by atoms with E-state index in [0.29, 0.717) is 22.3 Å². The van der Waals surface area contributed by atoms with Gasteiger partial charge >= 0.3 is 0 Å². The number of halogens is 2. The Balaban J connectivity index is 1.67. The van der Waals surface area contributed by atoms with Crippen LogP contribution in [-0.2, 0) is 10.5 Å². The normalized spacial score (nSPS) is 11.7. The van der Waals surface area contributed by atoms with E-state index in [0.717, 1.165) is 22.8 Å². The van der Waals surface area contributed by atoms with Gasteiger partial charge in [0, 0.05) is 28.1 Å². The molecule has 0 heterocycles. The van der Waals surface area contributed by atoms with Gasteiger partial charge in [0.15, 0.2) is 6.10 Å². The van der Waals surface area contributed by atoms with E-state index in [-0.39, 0.29) is 5.91 Å². The Bertz CT molecular complexity index is 725. The van der Waals surface area contributed by atoms with E-state index in [9.17, 15) is 4.79 Å². The smallest absolute Gasteiger partial charge is 0.260 e. The van der Waals surface area contributed by atoms with Crippen LogP contribution >= 0.6 is 35.0 Å². The Hall–Kier alpha value is -1.56. The van der Waals surface area contributed by atoms with Crippen LogP contribution in [-0.4, -0.2) is 31.4 Å². The molecular weight excluding hydrogens is 393 g/mol. The van der Waals surface area contributed by atoms with E-state index >= 15 is 0 Å². The molecule has 1 atom stereocenters. The number of benzene rings is 2. The maximum absolute atomic E-state index is 12.1. The molecule has 0 saturated carbocycles. The average Bonchev–Trinajstić information content (AvgIpc) is 2.63. The van der Waals surface area contributed by atoms with Gasteiger partial charge in [0.05, 0.1) is 7.11 Å². The van der Waals surface area contributed by atoms with Gasteiger partial charge in [0.25, 0.3) is 5.91 Å². The van der Waals surface area contributed by atoms with Crippen LogP contribution in [0.5, 0.6) is 11.5 Å². The number of nitrogens with one attached hydrogen (secondary N) is 1. The highest BCUT2D eigenvalue weighted by Crippen LogP contribution is 2.24. The standard InChI is InChI=1S/C19H21Cl2NO3S/c1-13(25-17-7-5-16(24-2)6-8-17)19(23)22-9-10-26-12-14-3-4-15(20)11-18(14)21/h3-8,11,13H,9-10,12H2,1-2H3,(H,22,23)/t13-/m1/s1. The second-order valence-corrected chi connectivity index (χ2v) is 7.46. The quantitative estimate of drug-likeness (QED) is 0.598. The number of methoxy groups -OCH3 is 1. The Morgan fingerprint density at radius 3 is 2.50 bits per heavy atom. The number of carbonyl (C=O) groups is 1. The Morgan fingerprint density at radius 1 is 1.15 bits per heavy atom. The minimum atomic E-state index is -0.570. The number of hydrogen-bond acceptors (Lipinski definition) is 4. The molecular formula is C19H21Cl2NO3S. The highest BCUT2D eigenvalue weighted by Gasteiger charge is 2.14. The molecule has 0 aromatic heterocycles. The van der Waals surface area contributed by atoms with Gasteiger partial charge in [-0.1, -0.05) is 29.3 Å². The number of rotatable bonds is 9. The molecule has 0 aliphatic carbocycles. The van der Waals surface area contributed by atoms with Gasteiger partial charge in [-0.2, -0.15) is 11.8 Å². The molecule has 2 rings (SSSR count). The van der Waals surface area contributed by atoms with Crippen LogP contribution in [0.2, 0.25) is 10.0 Å². The van der Waals surface area contributed by atoms with Crippen LogP contribution in [0.1, 0.15) is 12.5 Å². The fraction of sp³-hybridized carbons (Fsp3) is 0.316. The van der Waals surface area contributed by atoms with E-state index in [4.69, 9.17) is 32.7 Å². The van der Waals surface area contributed by atoms with Crippen molar-refractivity contribution in [2.75, 3.05) is 19.4 Å². The predicted molar refractivity (Wildman–Crippen MR) is 109 cm³/mol. The molecule has 1 N–H and O–H groups in total. The van der Waals surface area contributed by atoms with Crippen LogP contribution in [0.15, 0.2) is 42.5 Å². The van der Waals surface area contributed by atoms with Crippen LogP contribution in [0.25, 0.3) is 0 Å². The first kappa shape index (κ1) is 20.7. The van der Waals surface area contributed by atoms with Crippen molar-refractivity contribution < 1.29 is 14.3 Å². The molecule has 1 amide bonds. The topological polar surface area (TPSA) is 47.6 Å². The fourth-order valence-electron chi connectivity index (χ4n) is 2.12. The van der Waals surface area contributed by atoms with Gasteiger partial charge in [0.1, 0.15) is 11.5 Å². The Labute approximate surface area is 168 Å². The zero-order chi connectivity index (χ0) is 18.9. The summed E-state index contributed by atoms with van der Waals surface area (Å²) < 4.78 is 10.7. The van der Waals surface area contributed by atoms with Gasteiger partial charge in [0.2, 0.25) is 0 Å². The highest BCUT2D eigenvalue weighted by atomic mass is 35.5. The lowest BCUT2D eigenvalue weighted by molar-refractivity contribution is -0.127. The molecule has 0 bridgehead atoms. The van der Waals surface area contributed by atoms with Crippen molar-refractivity contribution in [3.63, 3.8) is 0 Å². The molecule has 2 aromatic rings. The summed E-state index contributed by atoms with van der Waals surface area (Å²) in [6, 6.07) is 12.6. The summed E-state index contributed by atoms with van der Waals surface area (Å²) in [4.78, 5) is 12.1. The summed E-state index contributed by atoms with van der Waals surface area (Å²) >= 11 is 13.7. The number of carbonyl (C=O) groups excluding carboxylic acids is 1. The van der Waals surface area contributed by atoms with Gasteiger partial charge in [-0.05, 0) is 48.9 Å². The zero-order valence-electron chi connectivity index (χ0n) is 14.6. The minimum Gasteiger partial charge on any atom is -0.497 e. The van der Waals surface area contributed by atoms with E-state index < -0.39 is 6.10 Å². The lowest BCUT2D eigenvalue weighted by Gasteiger charge is -2.15. The third-order valence-electron chi connectivity index (χ3n) is 3.56. The van der Waals surface area contributed by atoms with Gasteiger partial charge in [-0.25, -0.2) is 0 Å². The highest BCUT2D eigenvalue weighted by molar-refractivity contribution is 7.98. The molecule has 0 fully saturated rings. The predicted octanol–water partition coefficient (Wildman–Crippen LogP) is 4.82. The number of thioether (sulfide) groups is 1. The molecule has 0 saturated heterocycles. The van der Waals surface area contributed by atoms with E-state index in [1.807, 2.05) is 12.1 Å². The zero-order valence-corrected chi connectivity index (χ0v) is 17.0. The SMILES string of the molecule is COc1ccc(O[C@H](C)C(=O)NCCSCc2ccc(Cl)cc2Cl)cc1. The monoisotopic (exact) mass is 413 g/mol. The van der Waals surface area contributed by atoms with Crippen molar-refractivity contribution in [1.29, 1.82) is 0 Å². The number of ether oxygens (including phenoxy) is 2. The van der Waals surface area contributed by atoms with Crippen molar-refractivity contribution in [3.05, 3.63) is 58.1 Å². The van der Waals surface area contributed by atoms with Crippen LogP contribution in [0, 0.1) is 0 Å². The Kier molecular flexibility index (Phi) is 8.42. The first-order chi connectivity index (χ1) is 12.5. The van der Waals surface area contributed by atoms with Gasteiger partial charge < -0.3 is 14.8 Å². The molecule has 4 nitrogen and oxygen atoms in total. The lowest BCUT2D eigenvalue weighted by Crippen LogP contribution is -2.37. The molecule has 0 spiro atoms.